The second kappa shape index (κ2) is 5.60. The Morgan fingerprint density at radius 3 is 3.06 bits per heavy atom. The molecule has 2 nitrogen and oxygen atoms in total. The molecule has 1 aliphatic rings. The third kappa shape index (κ3) is 2.71. The zero-order valence-corrected chi connectivity index (χ0v) is 10.7. The molecule has 1 N–H and O–H groups in total. The van der Waals surface area contributed by atoms with Crippen molar-refractivity contribution in [2.75, 3.05) is 13.1 Å². The molecule has 88 valence electrons. The molecule has 0 radical (unpaired) electrons. The van der Waals surface area contributed by atoms with Crippen molar-refractivity contribution in [3.05, 3.63) is 28.5 Å². The van der Waals surface area contributed by atoms with Crippen molar-refractivity contribution >= 4 is 12.2 Å². The number of aromatic nitrogens is 1. The van der Waals surface area contributed by atoms with E-state index >= 15 is 0 Å². The molecule has 0 spiro atoms. The van der Waals surface area contributed by atoms with Gasteiger partial charge in [0.1, 0.15) is 4.64 Å². The summed E-state index contributed by atoms with van der Waals surface area (Å²) in [7, 11) is 0. The SMILES string of the molecule is CCCCN1CCC[C@H]1c1ccc(=S)[nH]c1. The molecule has 0 amide bonds. The van der Waals surface area contributed by atoms with Crippen LogP contribution in [0.2, 0.25) is 0 Å². The standard InChI is InChI=1S/C13H20N2S/c1-2-3-8-15-9-4-5-12(15)11-6-7-13(16)14-10-11/h6-7,10,12H,2-5,8-9H2,1H3,(H,14,16)/t12-/m0/s1. The third-order valence-corrected chi connectivity index (χ3v) is 3.61. The van der Waals surface area contributed by atoms with Gasteiger partial charge in [-0.25, -0.2) is 0 Å². The fourth-order valence-electron chi connectivity index (χ4n) is 2.46. The minimum absolute atomic E-state index is 0.610. The Morgan fingerprint density at radius 1 is 1.50 bits per heavy atom. The van der Waals surface area contributed by atoms with Gasteiger partial charge in [0.05, 0.1) is 0 Å². The molecule has 2 rings (SSSR count). The van der Waals surface area contributed by atoms with Crippen LogP contribution in [0.25, 0.3) is 0 Å². The molecule has 3 heteroatoms. The maximum Gasteiger partial charge on any atom is 0.103 e. The lowest BCUT2D eigenvalue weighted by atomic mass is 10.1. The van der Waals surface area contributed by atoms with Gasteiger partial charge in [-0.05, 0) is 44.0 Å². The van der Waals surface area contributed by atoms with E-state index in [1.807, 2.05) is 6.07 Å². The lowest BCUT2D eigenvalue weighted by molar-refractivity contribution is 0.253. The normalized spacial score (nSPS) is 21.4. The van der Waals surface area contributed by atoms with Crippen LogP contribution in [-0.4, -0.2) is 23.0 Å². The van der Waals surface area contributed by atoms with E-state index in [0.717, 1.165) is 4.64 Å². The number of H-pyrrole nitrogens is 1. The highest BCUT2D eigenvalue weighted by atomic mass is 32.1. The number of hydrogen-bond acceptors (Lipinski definition) is 2. The summed E-state index contributed by atoms with van der Waals surface area (Å²) in [5.74, 6) is 0. The Bertz CT molecular complexity index is 365. The summed E-state index contributed by atoms with van der Waals surface area (Å²) in [5, 5.41) is 0. The van der Waals surface area contributed by atoms with Gasteiger partial charge in [-0.3, -0.25) is 4.90 Å². The minimum atomic E-state index is 0.610. The van der Waals surface area contributed by atoms with Gasteiger partial charge < -0.3 is 4.98 Å². The van der Waals surface area contributed by atoms with Crippen molar-refractivity contribution < 1.29 is 0 Å². The van der Waals surface area contributed by atoms with Gasteiger partial charge in [-0.15, -0.1) is 0 Å². The molecule has 0 aliphatic carbocycles. The summed E-state index contributed by atoms with van der Waals surface area (Å²) in [5.41, 5.74) is 1.39. The average molecular weight is 236 g/mol. The van der Waals surface area contributed by atoms with E-state index in [1.165, 1.54) is 44.3 Å². The van der Waals surface area contributed by atoms with Gasteiger partial charge in [0, 0.05) is 12.2 Å². The van der Waals surface area contributed by atoms with Crippen LogP contribution < -0.4 is 0 Å². The predicted octanol–water partition coefficient (Wildman–Crippen LogP) is 3.68. The Morgan fingerprint density at radius 2 is 2.38 bits per heavy atom. The third-order valence-electron chi connectivity index (χ3n) is 3.36. The number of nitrogens with one attached hydrogen (secondary N) is 1. The molecule has 0 aromatic carbocycles. The van der Waals surface area contributed by atoms with E-state index < -0.39 is 0 Å². The number of aromatic amines is 1. The Hall–Kier alpha value is -0.670. The maximum absolute atomic E-state index is 5.08. The van der Waals surface area contributed by atoms with Crippen LogP contribution in [0, 0.1) is 4.64 Å². The van der Waals surface area contributed by atoms with Gasteiger partial charge in [0.15, 0.2) is 0 Å². The van der Waals surface area contributed by atoms with E-state index in [4.69, 9.17) is 12.2 Å². The Labute approximate surface area is 103 Å². The van der Waals surface area contributed by atoms with Crippen molar-refractivity contribution in [3.8, 4) is 0 Å². The molecule has 2 heterocycles. The number of nitrogens with zero attached hydrogens (tertiary/aromatic N) is 1. The lowest BCUT2D eigenvalue weighted by Gasteiger charge is -2.24. The molecule has 1 atom stereocenters. The Kier molecular flexibility index (Phi) is 4.13. The summed E-state index contributed by atoms with van der Waals surface area (Å²) >= 11 is 5.08. The van der Waals surface area contributed by atoms with E-state index in [-0.39, 0.29) is 0 Å². The van der Waals surface area contributed by atoms with Gasteiger partial charge in [0.25, 0.3) is 0 Å². The van der Waals surface area contributed by atoms with Crippen molar-refractivity contribution in [1.29, 1.82) is 0 Å². The smallest absolute Gasteiger partial charge is 0.103 e. The Balaban J connectivity index is 2.07. The molecule has 1 saturated heterocycles. The second-order valence-corrected chi connectivity index (χ2v) is 4.97. The van der Waals surface area contributed by atoms with Crippen LogP contribution in [0.15, 0.2) is 18.3 Å². The molecule has 1 aliphatic heterocycles. The summed E-state index contributed by atoms with van der Waals surface area (Å²) in [6, 6.07) is 4.78. The summed E-state index contributed by atoms with van der Waals surface area (Å²) in [4.78, 5) is 5.75. The van der Waals surface area contributed by atoms with Gasteiger partial charge >= 0.3 is 0 Å². The zero-order chi connectivity index (χ0) is 11.4. The minimum Gasteiger partial charge on any atom is -0.353 e. The molecule has 1 fully saturated rings. The molecule has 0 unspecified atom stereocenters. The molecule has 0 saturated carbocycles. The molecular formula is C13H20N2S. The van der Waals surface area contributed by atoms with Crippen LogP contribution in [-0.2, 0) is 0 Å². The number of likely N-dealkylation sites (tertiary alicyclic amines) is 1. The van der Waals surface area contributed by atoms with Crippen molar-refractivity contribution in [2.24, 2.45) is 0 Å². The quantitative estimate of drug-likeness (QED) is 0.804. The highest BCUT2D eigenvalue weighted by molar-refractivity contribution is 7.71. The topological polar surface area (TPSA) is 19.0 Å². The summed E-state index contributed by atoms with van der Waals surface area (Å²) in [6.07, 6.45) is 7.27. The highest BCUT2D eigenvalue weighted by Crippen LogP contribution is 2.31. The number of hydrogen-bond donors (Lipinski definition) is 1. The van der Waals surface area contributed by atoms with Gasteiger partial charge in [0.2, 0.25) is 0 Å². The van der Waals surface area contributed by atoms with Crippen molar-refractivity contribution in [3.63, 3.8) is 0 Å². The van der Waals surface area contributed by atoms with Crippen molar-refractivity contribution in [1.82, 2.24) is 9.88 Å². The fraction of sp³-hybridized carbons (Fsp3) is 0.615. The molecule has 1 aromatic heterocycles. The average Bonchev–Trinajstić information content (AvgIpc) is 2.75. The van der Waals surface area contributed by atoms with Crippen molar-refractivity contribution in [2.45, 2.75) is 38.6 Å². The number of rotatable bonds is 4. The lowest BCUT2D eigenvalue weighted by Crippen LogP contribution is -2.24. The number of unbranched alkanes of at least 4 members (excludes halogenated alkanes) is 1. The summed E-state index contributed by atoms with van der Waals surface area (Å²) < 4.78 is 0.821. The molecule has 1 aromatic rings. The second-order valence-electron chi connectivity index (χ2n) is 4.53. The van der Waals surface area contributed by atoms with E-state index in [0.29, 0.717) is 6.04 Å². The number of pyridine rings is 1. The maximum atomic E-state index is 5.08. The van der Waals surface area contributed by atoms with Crippen LogP contribution in [0.3, 0.4) is 0 Å². The van der Waals surface area contributed by atoms with Crippen LogP contribution >= 0.6 is 12.2 Å². The predicted molar refractivity (Wildman–Crippen MR) is 70.1 cm³/mol. The van der Waals surface area contributed by atoms with Gasteiger partial charge in [-0.1, -0.05) is 31.6 Å². The highest BCUT2D eigenvalue weighted by Gasteiger charge is 2.24. The summed E-state index contributed by atoms with van der Waals surface area (Å²) in [6.45, 7) is 4.74. The molecular weight excluding hydrogens is 216 g/mol. The first-order valence-electron chi connectivity index (χ1n) is 6.24. The first-order chi connectivity index (χ1) is 7.81. The van der Waals surface area contributed by atoms with E-state index in [1.54, 1.807) is 0 Å². The van der Waals surface area contributed by atoms with E-state index in [9.17, 15) is 0 Å². The monoisotopic (exact) mass is 236 g/mol. The van der Waals surface area contributed by atoms with Crippen LogP contribution in [0.5, 0.6) is 0 Å². The van der Waals surface area contributed by atoms with E-state index in [2.05, 4.69) is 29.1 Å². The first kappa shape index (κ1) is 11.8. The zero-order valence-electron chi connectivity index (χ0n) is 9.91. The largest absolute Gasteiger partial charge is 0.353 e. The molecule has 0 bridgehead atoms. The van der Waals surface area contributed by atoms with Crippen LogP contribution in [0.4, 0.5) is 0 Å². The molecule has 16 heavy (non-hydrogen) atoms. The van der Waals surface area contributed by atoms with Gasteiger partial charge in [-0.2, -0.15) is 0 Å². The van der Waals surface area contributed by atoms with Crippen LogP contribution in [0.1, 0.15) is 44.2 Å². The fourth-order valence-corrected chi connectivity index (χ4v) is 2.59. The first-order valence-corrected chi connectivity index (χ1v) is 6.65.